The fourth-order valence-corrected chi connectivity index (χ4v) is 2.19. The van der Waals surface area contributed by atoms with Gasteiger partial charge in [-0.15, -0.1) is 11.3 Å². The van der Waals surface area contributed by atoms with Gasteiger partial charge in [-0.2, -0.15) is 0 Å². The molecule has 0 fully saturated rings. The Morgan fingerprint density at radius 2 is 2.14 bits per heavy atom. The molecule has 0 aliphatic carbocycles. The fraction of sp³-hybridized carbons (Fsp3) is 0.250. The Morgan fingerprint density at radius 3 is 2.86 bits per heavy atom. The van der Waals surface area contributed by atoms with E-state index in [0.29, 0.717) is 17.4 Å². The van der Waals surface area contributed by atoms with Crippen LogP contribution in [-0.2, 0) is 16.0 Å². The molecule has 0 aliphatic rings. The van der Waals surface area contributed by atoms with E-state index in [0.717, 1.165) is 0 Å². The molecular weight excluding hydrogens is 294 g/mol. The Bertz CT molecular complexity index is 658. The van der Waals surface area contributed by atoms with Crippen LogP contribution in [0.3, 0.4) is 0 Å². The summed E-state index contributed by atoms with van der Waals surface area (Å²) in [7, 11) is 0. The number of esters is 1. The number of ether oxygens (including phenoxy) is 1. The van der Waals surface area contributed by atoms with E-state index in [1.54, 1.807) is 12.3 Å². The third-order valence-electron chi connectivity index (χ3n) is 2.34. The first-order chi connectivity index (χ1) is 10.1. The van der Waals surface area contributed by atoms with Crippen LogP contribution in [0, 0.1) is 0 Å². The first-order valence-corrected chi connectivity index (χ1v) is 6.96. The van der Waals surface area contributed by atoms with Crippen molar-refractivity contribution in [3.8, 4) is 0 Å². The van der Waals surface area contributed by atoms with E-state index < -0.39 is 5.91 Å². The number of carbonyl (C=O) groups excluding carboxylic acids is 2. The number of nitrogen functional groups attached to an aromatic ring is 1. The second kappa shape index (κ2) is 6.75. The number of nitrogens with one attached hydrogen (secondary N) is 1. The van der Waals surface area contributed by atoms with E-state index in [1.165, 1.54) is 23.7 Å². The first kappa shape index (κ1) is 14.9. The highest BCUT2D eigenvalue weighted by atomic mass is 32.1. The van der Waals surface area contributed by atoms with Gasteiger partial charge in [0.25, 0.3) is 5.91 Å². The van der Waals surface area contributed by atoms with Crippen LogP contribution in [0.2, 0.25) is 0 Å². The van der Waals surface area contributed by atoms with Crippen molar-refractivity contribution in [2.24, 2.45) is 0 Å². The highest BCUT2D eigenvalue weighted by Crippen LogP contribution is 2.17. The van der Waals surface area contributed by atoms with Crippen LogP contribution in [0.1, 0.15) is 23.1 Å². The van der Waals surface area contributed by atoms with Gasteiger partial charge in [0.15, 0.2) is 16.6 Å². The van der Waals surface area contributed by atoms with E-state index in [2.05, 4.69) is 20.3 Å². The molecule has 2 heterocycles. The highest BCUT2D eigenvalue weighted by Gasteiger charge is 2.15. The van der Waals surface area contributed by atoms with E-state index in [1.807, 2.05) is 0 Å². The van der Waals surface area contributed by atoms with Gasteiger partial charge in [-0.25, -0.2) is 15.0 Å². The van der Waals surface area contributed by atoms with Gasteiger partial charge in [0.05, 0.1) is 18.7 Å². The lowest BCUT2D eigenvalue weighted by Crippen LogP contribution is -2.16. The summed E-state index contributed by atoms with van der Waals surface area (Å²) in [6.45, 7) is 2.05. The maximum absolute atomic E-state index is 12.0. The predicted molar refractivity (Wildman–Crippen MR) is 76.8 cm³/mol. The Hall–Kier alpha value is -2.55. The average Bonchev–Trinajstić information content (AvgIpc) is 2.86. The molecule has 0 radical (unpaired) electrons. The molecule has 2 aromatic heterocycles. The van der Waals surface area contributed by atoms with E-state index >= 15 is 0 Å². The molecule has 0 aliphatic heterocycles. The average molecular weight is 307 g/mol. The molecule has 110 valence electrons. The minimum atomic E-state index is -0.502. The standard InChI is InChI=1S/C12H13N5O3S/c1-2-20-8(18)5-7-6-21-12(16-7)17-11(19)9-10(13)15-4-3-14-9/h3-4,6H,2,5H2,1H3,(H2,13,15)(H,16,17,19). The molecular formula is C12H13N5O3S. The second-order valence-corrected chi connectivity index (χ2v) is 4.73. The van der Waals surface area contributed by atoms with Crippen molar-refractivity contribution >= 4 is 34.2 Å². The summed E-state index contributed by atoms with van der Waals surface area (Å²) in [5, 5.41) is 4.58. The highest BCUT2D eigenvalue weighted by molar-refractivity contribution is 7.14. The number of nitrogens with two attached hydrogens (primary N) is 1. The van der Waals surface area contributed by atoms with Gasteiger partial charge < -0.3 is 10.5 Å². The van der Waals surface area contributed by atoms with Crippen LogP contribution in [0.25, 0.3) is 0 Å². The normalized spacial score (nSPS) is 10.1. The van der Waals surface area contributed by atoms with Gasteiger partial charge >= 0.3 is 5.97 Å². The summed E-state index contributed by atoms with van der Waals surface area (Å²) in [5.41, 5.74) is 6.12. The van der Waals surface area contributed by atoms with E-state index in [-0.39, 0.29) is 23.9 Å². The molecule has 8 nitrogen and oxygen atoms in total. The number of thiazole rings is 1. The van der Waals surface area contributed by atoms with Crippen LogP contribution in [-0.4, -0.2) is 33.4 Å². The molecule has 0 spiro atoms. The Balaban J connectivity index is 2.01. The Morgan fingerprint density at radius 1 is 1.38 bits per heavy atom. The number of anilines is 2. The first-order valence-electron chi connectivity index (χ1n) is 6.08. The molecule has 0 aromatic carbocycles. The van der Waals surface area contributed by atoms with Gasteiger partial charge in [0, 0.05) is 17.8 Å². The van der Waals surface area contributed by atoms with E-state index in [4.69, 9.17) is 10.5 Å². The molecule has 2 aromatic rings. The predicted octanol–water partition coefficient (Wildman–Crippen LogP) is 0.873. The zero-order chi connectivity index (χ0) is 15.2. The number of hydrogen-bond acceptors (Lipinski definition) is 8. The quantitative estimate of drug-likeness (QED) is 0.786. The lowest BCUT2D eigenvalue weighted by Gasteiger charge is -2.02. The molecule has 0 saturated carbocycles. The van der Waals surface area contributed by atoms with Gasteiger partial charge in [0.1, 0.15) is 0 Å². The number of carbonyl (C=O) groups is 2. The fourth-order valence-electron chi connectivity index (χ4n) is 1.49. The third-order valence-corrected chi connectivity index (χ3v) is 3.15. The van der Waals surface area contributed by atoms with Gasteiger partial charge in [-0.1, -0.05) is 0 Å². The zero-order valence-corrected chi connectivity index (χ0v) is 12.0. The molecule has 2 rings (SSSR count). The molecule has 9 heteroatoms. The summed E-state index contributed by atoms with van der Waals surface area (Å²) in [4.78, 5) is 35.0. The van der Waals surface area contributed by atoms with Crippen molar-refractivity contribution in [2.75, 3.05) is 17.7 Å². The largest absolute Gasteiger partial charge is 0.466 e. The minimum absolute atomic E-state index is 0.0274. The van der Waals surface area contributed by atoms with E-state index in [9.17, 15) is 9.59 Å². The summed E-state index contributed by atoms with van der Waals surface area (Å²) in [6.07, 6.45) is 2.83. The van der Waals surface area contributed by atoms with Crippen molar-refractivity contribution in [3.63, 3.8) is 0 Å². The van der Waals surface area contributed by atoms with Crippen LogP contribution >= 0.6 is 11.3 Å². The molecule has 0 saturated heterocycles. The zero-order valence-electron chi connectivity index (χ0n) is 11.2. The second-order valence-electron chi connectivity index (χ2n) is 3.87. The summed E-state index contributed by atoms with van der Waals surface area (Å²) >= 11 is 1.20. The smallest absolute Gasteiger partial charge is 0.311 e. The molecule has 0 bridgehead atoms. The molecule has 0 atom stereocenters. The van der Waals surface area contributed by atoms with Crippen molar-refractivity contribution in [3.05, 3.63) is 29.2 Å². The van der Waals surface area contributed by atoms with Gasteiger partial charge in [-0.05, 0) is 6.92 Å². The number of amides is 1. The summed E-state index contributed by atoms with van der Waals surface area (Å²) in [6, 6.07) is 0. The molecule has 3 N–H and O–H groups in total. The number of aromatic nitrogens is 3. The summed E-state index contributed by atoms with van der Waals surface area (Å²) < 4.78 is 4.82. The molecule has 21 heavy (non-hydrogen) atoms. The van der Waals surface area contributed by atoms with Crippen LogP contribution in [0.5, 0.6) is 0 Å². The maximum atomic E-state index is 12.0. The lowest BCUT2D eigenvalue weighted by molar-refractivity contribution is -0.142. The molecule has 0 unspecified atom stereocenters. The van der Waals surface area contributed by atoms with Crippen molar-refractivity contribution in [1.29, 1.82) is 0 Å². The van der Waals surface area contributed by atoms with Gasteiger partial charge in [0.2, 0.25) is 0 Å². The van der Waals surface area contributed by atoms with Crippen LogP contribution in [0.15, 0.2) is 17.8 Å². The minimum Gasteiger partial charge on any atom is -0.466 e. The maximum Gasteiger partial charge on any atom is 0.311 e. The number of rotatable bonds is 5. The van der Waals surface area contributed by atoms with Crippen molar-refractivity contribution in [2.45, 2.75) is 13.3 Å². The lowest BCUT2D eigenvalue weighted by atomic mass is 10.3. The van der Waals surface area contributed by atoms with Gasteiger partial charge in [-0.3, -0.25) is 14.9 Å². The van der Waals surface area contributed by atoms with Crippen molar-refractivity contribution < 1.29 is 14.3 Å². The van der Waals surface area contributed by atoms with Crippen LogP contribution in [0.4, 0.5) is 10.9 Å². The van der Waals surface area contributed by atoms with Crippen molar-refractivity contribution in [1.82, 2.24) is 15.0 Å². The Labute approximate surface area is 124 Å². The number of hydrogen-bond donors (Lipinski definition) is 2. The van der Waals surface area contributed by atoms with Crippen LogP contribution < -0.4 is 11.1 Å². The number of nitrogens with zero attached hydrogens (tertiary/aromatic N) is 3. The summed E-state index contributed by atoms with van der Waals surface area (Å²) in [5.74, 6) is -0.824. The monoisotopic (exact) mass is 307 g/mol. The topological polar surface area (TPSA) is 120 Å². The molecule has 1 amide bonds. The SMILES string of the molecule is CCOC(=O)Cc1csc(NC(=O)c2nccnc2N)n1. The Kier molecular flexibility index (Phi) is 4.77. The third kappa shape index (κ3) is 3.96.